The van der Waals surface area contributed by atoms with E-state index in [-0.39, 0.29) is 0 Å². The van der Waals surface area contributed by atoms with E-state index in [0.29, 0.717) is 11.7 Å². The van der Waals surface area contributed by atoms with Gasteiger partial charge in [-0.15, -0.1) is 0 Å². The van der Waals surface area contributed by atoms with Crippen molar-refractivity contribution < 1.29 is 5.11 Å². The van der Waals surface area contributed by atoms with Crippen molar-refractivity contribution in [1.82, 2.24) is 0 Å². The van der Waals surface area contributed by atoms with E-state index in [9.17, 15) is 5.11 Å². The van der Waals surface area contributed by atoms with Crippen molar-refractivity contribution in [3.8, 4) is 5.75 Å². The highest BCUT2D eigenvalue weighted by Crippen LogP contribution is 2.31. The van der Waals surface area contributed by atoms with E-state index in [1.807, 2.05) is 0 Å². The van der Waals surface area contributed by atoms with Crippen LogP contribution in [0.3, 0.4) is 0 Å². The maximum Gasteiger partial charge on any atom is 0.115 e. The Hall–Kier alpha value is -0.980. The highest BCUT2D eigenvalue weighted by Gasteiger charge is 2.17. The summed E-state index contributed by atoms with van der Waals surface area (Å²) < 4.78 is 0. The number of phenolic OH excluding ortho intramolecular Hbond substituents is 1. The van der Waals surface area contributed by atoms with Crippen molar-refractivity contribution in [1.29, 1.82) is 0 Å². The van der Waals surface area contributed by atoms with Gasteiger partial charge in [0.1, 0.15) is 5.75 Å². The van der Waals surface area contributed by atoms with E-state index in [1.54, 1.807) is 12.1 Å². The van der Waals surface area contributed by atoms with Gasteiger partial charge in [0.05, 0.1) is 0 Å². The van der Waals surface area contributed by atoms with Crippen LogP contribution < -0.4 is 0 Å². The first-order valence-corrected chi connectivity index (χ1v) is 6.48. The summed E-state index contributed by atoms with van der Waals surface area (Å²) in [4.78, 5) is 0. The Bertz CT molecular complexity index is 283. The van der Waals surface area contributed by atoms with Crippen molar-refractivity contribution in [2.45, 2.75) is 52.4 Å². The van der Waals surface area contributed by atoms with Crippen LogP contribution in [-0.2, 0) is 0 Å². The van der Waals surface area contributed by atoms with E-state index < -0.39 is 0 Å². The molecule has 0 amide bonds. The second-order valence-electron chi connectivity index (χ2n) is 4.72. The first-order valence-electron chi connectivity index (χ1n) is 6.48. The monoisotopic (exact) mass is 220 g/mol. The van der Waals surface area contributed by atoms with Gasteiger partial charge in [0.15, 0.2) is 0 Å². The summed E-state index contributed by atoms with van der Waals surface area (Å²) in [7, 11) is 0. The second-order valence-corrected chi connectivity index (χ2v) is 4.72. The molecule has 0 fully saturated rings. The average molecular weight is 220 g/mol. The normalized spacial score (nSPS) is 13.0. The van der Waals surface area contributed by atoms with Crippen LogP contribution in [0, 0.1) is 5.92 Å². The third-order valence-electron chi connectivity index (χ3n) is 3.44. The Labute approximate surface area is 99.5 Å². The molecule has 16 heavy (non-hydrogen) atoms. The van der Waals surface area contributed by atoms with Crippen LogP contribution >= 0.6 is 0 Å². The van der Waals surface area contributed by atoms with E-state index in [4.69, 9.17) is 0 Å². The largest absolute Gasteiger partial charge is 0.508 e. The molecular formula is C15H24O. The molecule has 0 bridgehead atoms. The molecule has 0 saturated heterocycles. The fraction of sp³-hybridized carbons (Fsp3) is 0.600. The van der Waals surface area contributed by atoms with Crippen LogP contribution in [0.5, 0.6) is 5.75 Å². The molecule has 1 aromatic rings. The zero-order chi connectivity index (χ0) is 12.0. The molecule has 1 aromatic carbocycles. The summed E-state index contributed by atoms with van der Waals surface area (Å²) in [5, 5.41) is 9.28. The summed E-state index contributed by atoms with van der Waals surface area (Å²) >= 11 is 0. The Balaban J connectivity index is 2.72. The van der Waals surface area contributed by atoms with E-state index >= 15 is 0 Å². The topological polar surface area (TPSA) is 20.2 Å². The van der Waals surface area contributed by atoms with Crippen molar-refractivity contribution in [3.05, 3.63) is 29.8 Å². The number of rotatable bonds is 6. The summed E-state index contributed by atoms with van der Waals surface area (Å²) in [6.45, 7) is 6.82. The van der Waals surface area contributed by atoms with Crippen molar-refractivity contribution >= 4 is 0 Å². The second kappa shape index (κ2) is 6.57. The molecule has 1 nitrogen and oxygen atoms in total. The van der Waals surface area contributed by atoms with Gasteiger partial charge in [0, 0.05) is 0 Å². The Morgan fingerprint density at radius 1 is 1.00 bits per heavy atom. The predicted octanol–water partition coefficient (Wildman–Crippen LogP) is 4.71. The first-order chi connectivity index (χ1) is 7.69. The van der Waals surface area contributed by atoms with Gasteiger partial charge in [-0.1, -0.05) is 58.6 Å². The fourth-order valence-corrected chi connectivity index (χ4v) is 2.44. The number of phenols is 1. The Morgan fingerprint density at radius 3 is 1.94 bits per heavy atom. The SMILES string of the molecule is CCCC(CCC)C(C)c1ccc(O)cc1. The predicted molar refractivity (Wildman–Crippen MR) is 69.8 cm³/mol. The van der Waals surface area contributed by atoms with Crippen LogP contribution in [0.4, 0.5) is 0 Å². The molecule has 0 aromatic heterocycles. The third kappa shape index (κ3) is 3.55. The zero-order valence-corrected chi connectivity index (χ0v) is 10.7. The molecule has 0 spiro atoms. The van der Waals surface area contributed by atoms with Gasteiger partial charge in [0.25, 0.3) is 0 Å². The molecule has 1 N–H and O–H groups in total. The molecule has 1 heteroatoms. The lowest BCUT2D eigenvalue weighted by Gasteiger charge is -2.23. The van der Waals surface area contributed by atoms with E-state index in [2.05, 4.69) is 32.9 Å². The minimum atomic E-state index is 0.360. The van der Waals surface area contributed by atoms with Gasteiger partial charge >= 0.3 is 0 Å². The Kier molecular flexibility index (Phi) is 5.37. The number of benzene rings is 1. The van der Waals surface area contributed by atoms with Gasteiger partial charge in [-0.05, 0) is 29.5 Å². The standard InChI is InChI=1S/C15H24O/c1-4-6-13(7-5-2)12(3)14-8-10-15(16)11-9-14/h8-13,16H,4-7H2,1-3H3. The lowest BCUT2D eigenvalue weighted by molar-refractivity contribution is 0.379. The van der Waals surface area contributed by atoms with E-state index in [1.165, 1.54) is 31.2 Å². The van der Waals surface area contributed by atoms with Crippen LogP contribution in [0.25, 0.3) is 0 Å². The quantitative estimate of drug-likeness (QED) is 0.736. The van der Waals surface area contributed by atoms with Gasteiger partial charge in [-0.25, -0.2) is 0 Å². The lowest BCUT2D eigenvalue weighted by atomic mass is 9.82. The van der Waals surface area contributed by atoms with Gasteiger partial charge in [0.2, 0.25) is 0 Å². The van der Waals surface area contributed by atoms with Crippen molar-refractivity contribution in [3.63, 3.8) is 0 Å². The fourth-order valence-electron chi connectivity index (χ4n) is 2.44. The first kappa shape index (κ1) is 13.1. The summed E-state index contributed by atoms with van der Waals surface area (Å²) in [5.41, 5.74) is 1.35. The van der Waals surface area contributed by atoms with Gasteiger partial charge in [-0.3, -0.25) is 0 Å². The van der Waals surface area contributed by atoms with Crippen LogP contribution in [0.2, 0.25) is 0 Å². The average Bonchev–Trinajstić information content (AvgIpc) is 2.29. The lowest BCUT2D eigenvalue weighted by Crippen LogP contribution is -2.09. The minimum Gasteiger partial charge on any atom is -0.508 e. The van der Waals surface area contributed by atoms with E-state index in [0.717, 1.165) is 5.92 Å². The molecule has 0 aliphatic carbocycles. The minimum absolute atomic E-state index is 0.360. The Morgan fingerprint density at radius 2 is 1.50 bits per heavy atom. The summed E-state index contributed by atoms with van der Waals surface area (Å²) in [6.07, 6.45) is 5.12. The number of hydrogen-bond donors (Lipinski definition) is 1. The molecule has 0 heterocycles. The van der Waals surface area contributed by atoms with Crippen molar-refractivity contribution in [2.24, 2.45) is 5.92 Å². The van der Waals surface area contributed by atoms with Gasteiger partial charge < -0.3 is 5.11 Å². The maximum atomic E-state index is 9.28. The number of aromatic hydroxyl groups is 1. The smallest absolute Gasteiger partial charge is 0.115 e. The summed E-state index contributed by atoms with van der Waals surface area (Å²) in [6, 6.07) is 7.69. The number of hydrogen-bond acceptors (Lipinski definition) is 1. The molecule has 0 radical (unpaired) electrons. The zero-order valence-electron chi connectivity index (χ0n) is 10.7. The molecule has 1 atom stereocenters. The highest BCUT2D eigenvalue weighted by atomic mass is 16.3. The maximum absolute atomic E-state index is 9.28. The molecule has 0 saturated carbocycles. The molecule has 1 rings (SSSR count). The molecule has 0 aliphatic heterocycles. The molecule has 1 unspecified atom stereocenters. The van der Waals surface area contributed by atoms with Crippen LogP contribution in [0.15, 0.2) is 24.3 Å². The van der Waals surface area contributed by atoms with Gasteiger partial charge in [-0.2, -0.15) is 0 Å². The molecule has 0 aliphatic rings. The molecular weight excluding hydrogens is 196 g/mol. The molecule has 90 valence electrons. The highest BCUT2D eigenvalue weighted by molar-refractivity contribution is 5.28. The van der Waals surface area contributed by atoms with Crippen LogP contribution in [-0.4, -0.2) is 5.11 Å². The third-order valence-corrected chi connectivity index (χ3v) is 3.44. The van der Waals surface area contributed by atoms with Crippen molar-refractivity contribution in [2.75, 3.05) is 0 Å². The van der Waals surface area contributed by atoms with Crippen LogP contribution in [0.1, 0.15) is 57.9 Å². The summed E-state index contributed by atoms with van der Waals surface area (Å²) in [5.74, 6) is 1.73.